The van der Waals surface area contributed by atoms with Crippen LogP contribution >= 0.6 is 0 Å². The van der Waals surface area contributed by atoms with E-state index >= 15 is 0 Å². The molecule has 19 heavy (non-hydrogen) atoms. The second-order valence-electron chi connectivity index (χ2n) is 5.75. The lowest BCUT2D eigenvalue weighted by Crippen LogP contribution is -2.42. The molecule has 2 unspecified atom stereocenters. The van der Waals surface area contributed by atoms with Gasteiger partial charge >= 0.3 is 0 Å². The standard InChI is InChI=1S/C16H23NO2/c1-11-6-4-5-7-14(11)17(3)16(19)13-9-8-12(2)15(18)10-13/h8-11,14,18H,4-7H2,1-3H3. The van der Waals surface area contributed by atoms with Crippen LogP contribution < -0.4 is 0 Å². The van der Waals surface area contributed by atoms with Crippen molar-refractivity contribution in [1.29, 1.82) is 0 Å². The Kier molecular flexibility index (Phi) is 4.13. The van der Waals surface area contributed by atoms with Gasteiger partial charge in [0.05, 0.1) is 0 Å². The van der Waals surface area contributed by atoms with E-state index in [-0.39, 0.29) is 11.7 Å². The fourth-order valence-electron chi connectivity index (χ4n) is 2.97. The van der Waals surface area contributed by atoms with Crippen molar-refractivity contribution >= 4 is 5.91 Å². The number of rotatable bonds is 2. The highest BCUT2D eigenvalue weighted by molar-refractivity contribution is 5.94. The lowest BCUT2D eigenvalue weighted by molar-refractivity contribution is 0.0628. The SMILES string of the molecule is Cc1ccc(C(=O)N(C)C2CCCCC2C)cc1O. The molecule has 0 heterocycles. The average molecular weight is 261 g/mol. The van der Waals surface area contributed by atoms with Crippen LogP contribution in [0.4, 0.5) is 0 Å². The highest BCUT2D eigenvalue weighted by Crippen LogP contribution is 2.28. The van der Waals surface area contributed by atoms with Crippen LogP contribution in [-0.2, 0) is 0 Å². The van der Waals surface area contributed by atoms with Crippen LogP contribution in [0.15, 0.2) is 18.2 Å². The molecule has 3 nitrogen and oxygen atoms in total. The van der Waals surface area contributed by atoms with Gasteiger partial charge in [0.1, 0.15) is 5.75 Å². The molecule has 0 spiro atoms. The van der Waals surface area contributed by atoms with E-state index < -0.39 is 0 Å². The number of benzene rings is 1. The van der Waals surface area contributed by atoms with Crippen LogP contribution in [0, 0.1) is 12.8 Å². The minimum absolute atomic E-state index is 0.00838. The summed E-state index contributed by atoms with van der Waals surface area (Å²) in [7, 11) is 1.88. The smallest absolute Gasteiger partial charge is 0.253 e. The van der Waals surface area contributed by atoms with E-state index in [0.29, 0.717) is 17.5 Å². The van der Waals surface area contributed by atoms with E-state index in [4.69, 9.17) is 0 Å². The molecule has 1 aliphatic rings. The van der Waals surface area contributed by atoms with Crippen molar-refractivity contribution < 1.29 is 9.90 Å². The summed E-state index contributed by atoms with van der Waals surface area (Å²) < 4.78 is 0. The van der Waals surface area contributed by atoms with Gasteiger partial charge in [-0.05, 0) is 43.4 Å². The lowest BCUT2D eigenvalue weighted by atomic mass is 9.85. The van der Waals surface area contributed by atoms with Crippen LogP contribution in [0.2, 0.25) is 0 Å². The third-order valence-electron chi connectivity index (χ3n) is 4.34. The van der Waals surface area contributed by atoms with Gasteiger partial charge in [0.2, 0.25) is 0 Å². The van der Waals surface area contributed by atoms with Gasteiger partial charge in [0, 0.05) is 18.7 Å². The van der Waals surface area contributed by atoms with Gasteiger partial charge in [-0.2, -0.15) is 0 Å². The van der Waals surface area contributed by atoms with E-state index in [1.165, 1.54) is 19.3 Å². The van der Waals surface area contributed by atoms with Crippen molar-refractivity contribution in [1.82, 2.24) is 4.90 Å². The fraction of sp³-hybridized carbons (Fsp3) is 0.562. The molecular weight excluding hydrogens is 238 g/mol. The first-order chi connectivity index (χ1) is 9.00. The summed E-state index contributed by atoms with van der Waals surface area (Å²) >= 11 is 0. The Morgan fingerprint density at radius 3 is 2.63 bits per heavy atom. The lowest BCUT2D eigenvalue weighted by Gasteiger charge is -2.36. The summed E-state index contributed by atoms with van der Waals surface area (Å²) in [6.45, 7) is 4.05. The van der Waals surface area contributed by atoms with Crippen molar-refractivity contribution in [2.45, 2.75) is 45.6 Å². The monoisotopic (exact) mass is 261 g/mol. The van der Waals surface area contributed by atoms with E-state index in [2.05, 4.69) is 6.92 Å². The molecule has 2 rings (SSSR count). The summed E-state index contributed by atoms with van der Waals surface area (Å²) in [5.74, 6) is 0.756. The molecule has 104 valence electrons. The number of nitrogens with zero attached hydrogens (tertiary/aromatic N) is 1. The molecule has 1 aliphatic carbocycles. The van der Waals surface area contributed by atoms with Crippen LogP contribution in [0.1, 0.15) is 48.5 Å². The summed E-state index contributed by atoms with van der Waals surface area (Å²) in [5, 5.41) is 9.72. The minimum atomic E-state index is 0.00838. The first kappa shape index (κ1) is 13.9. The third-order valence-corrected chi connectivity index (χ3v) is 4.34. The molecule has 3 heteroatoms. The van der Waals surface area contributed by atoms with Gasteiger partial charge in [-0.25, -0.2) is 0 Å². The molecule has 0 aliphatic heterocycles. The largest absolute Gasteiger partial charge is 0.508 e. The Hall–Kier alpha value is -1.51. The van der Waals surface area contributed by atoms with Gasteiger partial charge in [-0.3, -0.25) is 4.79 Å². The second-order valence-corrected chi connectivity index (χ2v) is 5.75. The number of carbonyl (C=O) groups is 1. The molecule has 1 fully saturated rings. The molecule has 0 bridgehead atoms. The van der Waals surface area contributed by atoms with Crippen LogP contribution in [0.5, 0.6) is 5.75 Å². The first-order valence-corrected chi connectivity index (χ1v) is 7.07. The third kappa shape index (κ3) is 2.91. The zero-order valence-electron chi connectivity index (χ0n) is 12.0. The number of amides is 1. The Bertz CT molecular complexity index is 470. The molecule has 2 atom stereocenters. The van der Waals surface area contributed by atoms with Gasteiger partial charge < -0.3 is 10.0 Å². The molecule has 0 saturated heterocycles. The molecule has 1 amide bonds. The molecule has 1 aromatic rings. The van der Waals surface area contributed by atoms with Gasteiger partial charge in [0.25, 0.3) is 5.91 Å². The average Bonchev–Trinajstić information content (AvgIpc) is 2.41. The number of carbonyl (C=O) groups excluding carboxylic acids is 1. The molecule has 1 saturated carbocycles. The molecule has 0 aromatic heterocycles. The fourth-order valence-corrected chi connectivity index (χ4v) is 2.97. The van der Waals surface area contributed by atoms with E-state index in [1.807, 2.05) is 18.9 Å². The van der Waals surface area contributed by atoms with E-state index in [1.54, 1.807) is 18.2 Å². The first-order valence-electron chi connectivity index (χ1n) is 7.07. The van der Waals surface area contributed by atoms with Crippen molar-refractivity contribution in [2.75, 3.05) is 7.05 Å². The van der Waals surface area contributed by atoms with Crippen LogP contribution in [-0.4, -0.2) is 29.0 Å². The minimum Gasteiger partial charge on any atom is -0.508 e. The summed E-state index contributed by atoms with van der Waals surface area (Å²) in [5.41, 5.74) is 1.37. The normalized spacial score (nSPS) is 23.1. The van der Waals surface area contributed by atoms with Crippen LogP contribution in [0.3, 0.4) is 0 Å². The van der Waals surface area contributed by atoms with Crippen molar-refractivity contribution in [3.05, 3.63) is 29.3 Å². The molecular formula is C16H23NO2. The highest BCUT2D eigenvalue weighted by atomic mass is 16.3. The van der Waals surface area contributed by atoms with Crippen molar-refractivity contribution in [2.24, 2.45) is 5.92 Å². The van der Waals surface area contributed by atoms with Crippen molar-refractivity contribution in [3.8, 4) is 5.75 Å². The maximum atomic E-state index is 12.5. The maximum Gasteiger partial charge on any atom is 0.253 e. The topological polar surface area (TPSA) is 40.5 Å². The quantitative estimate of drug-likeness (QED) is 0.887. The molecule has 0 radical (unpaired) electrons. The van der Waals surface area contributed by atoms with Crippen molar-refractivity contribution in [3.63, 3.8) is 0 Å². The van der Waals surface area contributed by atoms with Gasteiger partial charge in [-0.1, -0.05) is 25.8 Å². The maximum absolute atomic E-state index is 12.5. The zero-order chi connectivity index (χ0) is 14.0. The Morgan fingerprint density at radius 2 is 2.00 bits per heavy atom. The number of phenolic OH excluding ortho intramolecular Hbond substituents is 1. The van der Waals surface area contributed by atoms with Crippen LogP contribution in [0.25, 0.3) is 0 Å². The number of phenols is 1. The van der Waals surface area contributed by atoms with Gasteiger partial charge in [0.15, 0.2) is 0 Å². The number of aromatic hydroxyl groups is 1. The summed E-state index contributed by atoms with van der Waals surface area (Å²) in [6, 6.07) is 5.48. The summed E-state index contributed by atoms with van der Waals surface area (Å²) in [4.78, 5) is 14.3. The van der Waals surface area contributed by atoms with E-state index in [0.717, 1.165) is 12.0 Å². The number of aryl methyl sites for hydroxylation is 1. The Morgan fingerprint density at radius 1 is 1.32 bits per heavy atom. The molecule has 1 N–H and O–H groups in total. The number of hydrogen-bond donors (Lipinski definition) is 1. The number of hydrogen-bond acceptors (Lipinski definition) is 2. The van der Waals surface area contributed by atoms with Gasteiger partial charge in [-0.15, -0.1) is 0 Å². The van der Waals surface area contributed by atoms with E-state index in [9.17, 15) is 9.90 Å². The summed E-state index contributed by atoms with van der Waals surface area (Å²) in [6.07, 6.45) is 4.75. The Labute approximate surface area is 115 Å². The highest BCUT2D eigenvalue weighted by Gasteiger charge is 2.28. The Balaban J connectivity index is 2.15. The molecule has 1 aromatic carbocycles. The predicted octanol–water partition coefficient (Wildman–Crippen LogP) is 3.35. The zero-order valence-corrected chi connectivity index (χ0v) is 12.0. The second kappa shape index (κ2) is 5.64. The predicted molar refractivity (Wildman–Crippen MR) is 76.4 cm³/mol.